The van der Waals surface area contributed by atoms with Crippen molar-refractivity contribution in [2.24, 2.45) is 5.10 Å². The number of anilines is 1. The Balaban J connectivity index is 2.04. The van der Waals surface area contributed by atoms with Crippen molar-refractivity contribution in [3.05, 3.63) is 65.2 Å². The Labute approximate surface area is 137 Å². The van der Waals surface area contributed by atoms with Crippen LogP contribution in [0.15, 0.2) is 53.6 Å². The molecule has 1 amide bonds. The number of amides is 1. The molecule has 0 heterocycles. The van der Waals surface area contributed by atoms with E-state index in [9.17, 15) is 4.79 Å². The predicted octanol–water partition coefficient (Wildman–Crippen LogP) is 3.47. The number of aryl methyl sites for hydroxylation is 1. The molecule has 2 aromatic rings. The van der Waals surface area contributed by atoms with Crippen LogP contribution < -0.4 is 10.3 Å². The van der Waals surface area contributed by atoms with E-state index in [4.69, 9.17) is 0 Å². The molecule has 0 aliphatic carbocycles. The van der Waals surface area contributed by atoms with E-state index < -0.39 is 0 Å². The number of rotatable bonds is 5. The van der Waals surface area contributed by atoms with E-state index in [1.807, 2.05) is 74.4 Å². The normalized spacial score (nSPS) is 11.2. The molecule has 2 aromatic carbocycles. The van der Waals surface area contributed by atoms with Gasteiger partial charge in [-0.2, -0.15) is 5.10 Å². The highest BCUT2D eigenvalue weighted by Gasteiger charge is 2.05. The molecule has 23 heavy (non-hydrogen) atoms. The molecular weight excluding hydrogens is 286 g/mol. The third-order valence-corrected chi connectivity index (χ3v) is 3.75. The third-order valence-electron chi connectivity index (χ3n) is 3.75. The van der Waals surface area contributed by atoms with Crippen molar-refractivity contribution in [2.75, 3.05) is 19.0 Å². The van der Waals surface area contributed by atoms with Crippen molar-refractivity contribution < 1.29 is 4.79 Å². The molecule has 4 heteroatoms. The minimum Gasteiger partial charge on any atom is -0.378 e. The molecule has 2 rings (SSSR count). The van der Waals surface area contributed by atoms with E-state index in [-0.39, 0.29) is 5.91 Å². The van der Waals surface area contributed by atoms with Gasteiger partial charge in [0.2, 0.25) is 0 Å². The van der Waals surface area contributed by atoms with E-state index in [2.05, 4.69) is 17.5 Å². The minimum absolute atomic E-state index is 0.197. The molecule has 0 aromatic heterocycles. The summed E-state index contributed by atoms with van der Waals surface area (Å²) in [5, 5.41) is 4.19. The molecule has 120 valence electrons. The average Bonchev–Trinajstić information content (AvgIpc) is 2.59. The van der Waals surface area contributed by atoms with Gasteiger partial charge in [-0.3, -0.25) is 4.79 Å². The zero-order chi connectivity index (χ0) is 16.8. The first-order valence-electron chi connectivity index (χ1n) is 7.72. The van der Waals surface area contributed by atoms with Crippen LogP contribution in [0.25, 0.3) is 0 Å². The molecular formula is C19H23N3O. The Hall–Kier alpha value is -2.62. The molecule has 4 nitrogen and oxygen atoms in total. The molecule has 0 radical (unpaired) electrons. The van der Waals surface area contributed by atoms with Crippen LogP contribution in [0.4, 0.5) is 5.69 Å². The lowest BCUT2D eigenvalue weighted by Gasteiger charge is -2.12. The van der Waals surface area contributed by atoms with Gasteiger partial charge in [-0.05, 0) is 48.7 Å². The van der Waals surface area contributed by atoms with Gasteiger partial charge in [0.25, 0.3) is 5.91 Å². The highest BCUT2D eigenvalue weighted by molar-refractivity contribution is 6.01. The van der Waals surface area contributed by atoms with Crippen LogP contribution in [0.3, 0.4) is 0 Å². The van der Waals surface area contributed by atoms with E-state index in [1.165, 1.54) is 5.56 Å². The fraction of sp³-hybridized carbons (Fsp3) is 0.263. The van der Waals surface area contributed by atoms with Crippen LogP contribution in [0.2, 0.25) is 0 Å². The molecule has 0 saturated carbocycles. The number of benzene rings is 2. The van der Waals surface area contributed by atoms with Crippen LogP contribution in [0.1, 0.15) is 35.3 Å². The predicted molar refractivity (Wildman–Crippen MR) is 96.3 cm³/mol. The van der Waals surface area contributed by atoms with Crippen molar-refractivity contribution in [3.63, 3.8) is 0 Å². The van der Waals surface area contributed by atoms with Crippen molar-refractivity contribution in [3.8, 4) is 0 Å². The summed E-state index contributed by atoms with van der Waals surface area (Å²) in [5.41, 5.74) is 7.32. The molecule has 0 fully saturated rings. The van der Waals surface area contributed by atoms with Crippen molar-refractivity contribution in [2.45, 2.75) is 20.3 Å². The fourth-order valence-electron chi connectivity index (χ4n) is 2.16. The summed E-state index contributed by atoms with van der Waals surface area (Å²) in [6.45, 7) is 3.97. The standard InChI is InChI=1S/C19H23N3O/c1-5-15-6-8-17(9-7-15)19(23)21-20-14(2)16-10-12-18(13-11-16)22(3)4/h6-13H,5H2,1-4H3,(H,21,23)/b20-14-. The monoisotopic (exact) mass is 309 g/mol. The molecule has 0 unspecified atom stereocenters. The molecule has 0 atom stereocenters. The molecule has 0 bridgehead atoms. The number of hydrogen-bond donors (Lipinski definition) is 1. The number of hydrazone groups is 1. The second kappa shape index (κ2) is 7.58. The van der Waals surface area contributed by atoms with Crippen LogP contribution in [-0.4, -0.2) is 25.7 Å². The lowest BCUT2D eigenvalue weighted by atomic mass is 10.1. The van der Waals surface area contributed by atoms with Gasteiger partial charge in [-0.25, -0.2) is 5.43 Å². The smallest absolute Gasteiger partial charge is 0.271 e. The highest BCUT2D eigenvalue weighted by Crippen LogP contribution is 2.12. The number of nitrogens with one attached hydrogen (secondary N) is 1. The lowest BCUT2D eigenvalue weighted by Crippen LogP contribution is -2.19. The zero-order valence-corrected chi connectivity index (χ0v) is 14.1. The zero-order valence-electron chi connectivity index (χ0n) is 14.1. The minimum atomic E-state index is -0.197. The Bertz CT molecular complexity index is 686. The maximum atomic E-state index is 12.1. The number of hydrogen-bond acceptors (Lipinski definition) is 3. The molecule has 0 aliphatic heterocycles. The summed E-state index contributed by atoms with van der Waals surface area (Å²) in [6.07, 6.45) is 0.960. The van der Waals surface area contributed by atoms with Gasteiger partial charge in [0.1, 0.15) is 0 Å². The topological polar surface area (TPSA) is 44.7 Å². The second-order valence-electron chi connectivity index (χ2n) is 5.63. The summed E-state index contributed by atoms with van der Waals surface area (Å²) in [5.74, 6) is -0.197. The summed E-state index contributed by atoms with van der Waals surface area (Å²) in [6, 6.07) is 15.6. The lowest BCUT2D eigenvalue weighted by molar-refractivity contribution is 0.0955. The molecule has 1 N–H and O–H groups in total. The number of nitrogens with zero attached hydrogens (tertiary/aromatic N) is 2. The van der Waals surface area contributed by atoms with Crippen molar-refractivity contribution >= 4 is 17.3 Å². The van der Waals surface area contributed by atoms with Gasteiger partial charge < -0.3 is 4.90 Å². The number of carbonyl (C=O) groups excluding carboxylic acids is 1. The molecule has 0 aliphatic rings. The maximum Gasteiger partial charge on any atom is 0.271 e. The Morgan fingerprint density at radius 3 is 2.09 bits per heavy atom. The van der Waals surface area contributed by atoms with E-state index in [0.29, 0.717) is 5.56 Å². The quantitative estimate of drug-likeness (QED) is 0.679. The number of carbonyl (C=O) groups is 1. The molecule has 0 spiro atoms. The highest BCUT2D eigenvalue weighted by atomic mass is 16.2. The SMILES string of the molecule is CCc1ccc(C(=O)N/N=C(/C)c2ccc(N(C)C)cc2)cc1. The van der Waals surface area contributed by atoms with E-state index >= 15 is 0 Å². The van der Waals surface area contributed by atoms with Gasteiger partial charge in [0.05, 0.1) is 5.71 Å². The summed E-state index contributed by atoms with van der Waals surface area (Å²) in [7, 11) is 4.00. The van der Waals surface area contributed by atoms with E-state index in [1.54, 1.807) is 0 Å². The average molecular weight is 309 g/mol. The van der Waals surface area contributed by atoms with Gasteiger partial charge in [0, 0.05) is 25.3 Å². The third kappa shape index (κ3) is 4.42. The second-order valence-corrected chi connectivity index (χ2v) is 5.63. The first-order chi connectivity index (χ1) is 11.0. The van der Waals surface area contributed by atoms with Crippen molar-refractivity contribution in [1.82, 2.24) is 5.43 Å². The maximum absolute atomic E-state index is 12.1. The van der Waals surface area contributed by atoms with Crippen LogP contribution in [0, 0.1) is 0 Å². The van der Waals surface area contributed by atoms with Crippen LogP contribution in [-0.2, 0) is 6.42 Å². The van der Waals surface area contributed by atoms with Gasteiger partial charge in [-0.1, -0.05) is 31.2 Å². The summed E-state index contributed by atoms with van der Waals surface area (Å²) in [4.78, 5) is 14.1. The summed E-state index contributed by atoms with van der Waals surface area (Å²) < 4.78 is 0. The Morgan fingerprint density at radius 1 is 1.00 bits per heavy atom. The Morgan fingerprint density at radius 2 is 1.57 bits per heavy atom. The van der Waals surface area contributed by atoms with Gasteiger partial charge >= 0.3 is 0 Å². The molecule has 0 saturated heterocycles. The van der Waals surface area contributed by atoms with Crippen LogP contribution in [0.5, 0.6) is 0 Å². The van der Waals surface area contributed by atoms with Crippen molar-refractivity contribution in [1.29, 1.82) is 0 Å². The first-order valence-corrected chi connectivity index (χ1v) is 7.72. The van der Waals surface area contributed by atoms with Gasteiger partial charge in [-0.15, -0.1) is 0 Å². The van der Waals surface area contributed by atoms with Crippen LogP contribution >= 0.6 is 0 Å². The van der Waals surface area contributed by atoms with Gasteiger partial charge in [0.15, 0.2) is 0 Å². The largest absolute Gasteiger partial charge is 0.378 e. The summed E-state index contributed by atoms with van der Waals surface area (Å²) >= 11 is 0. The fourth-order valence-corrected chi connectivity index (χ4v) is 2.16. The first kappa shape index (κ1) is 16.7. The Kier molecular flexibility index (Phi) is 5.52. The van der Waals surface area contributed by atoms with E-state index in [0.717, 1.165) is 23.4 Å².